The van der Waals surface area contributed by atoms with Crippen molar-refractivity contribution in [3.05, 3.63) is 35.4 Å². The van der Waals surface area contributed by atoms with E-state index in [2.05, 4.69) is 46.4 Å². The third-order valence-electron chi connectivity index (χ3n) is 7.06. The Morgan fingerprint density at radius 1 is 1.13 bits per heavy atom. The predicted octanol–water partition coefficient (Wildman–Crippen LogP) is 1.94. The first-order valence-electron chi connectivity index (χ1n) is 11.6. The molecule has 7 heteroatoms. The molecule has 0 spiro atoms. The van der Waals surface area contributed by atoms with Crippen LogP contribution >= 0.6 is 0 Å². The Balaban J connectivity index is 1.37. The van der Waals surface area contributed by atoms with Gasteiger partial charge in [-0.3, -0.25) is 9.79 Å². The molecule has 0 radical (unpaired) electrons. The number of hydrogen-bond acceptors (Lipinski definition) is 4. The third kappa shape index (κ3) is 4.88. The van der Waals surface area contributed by atoms with Crippen LogP contribution in [0.1, 0.15) is 36.8 Å². The molecule has 3 saturated heterocycles. The van der Waals surface area contributed by atoms with Crippen LogP contribution in [0.2, 0.25) is 0 Å². The van der Waals surface area contributed by atoms with Crippen LogP contribution in [0.25, 0.3) is 0 Å². The molecular weight excluding hydrogens is 392 g/mol. The molecule has 1 aromatic rings. The number of hydrogen-bond donors (Lipinski definition) is 1. The number of carbonyl (C=O) groups excluding carboxylic acids is 1. The van der Waals surface area contributed by atoms with Crippen molar-refractivity contribution in [3.8, 4) is 0 Å². The second-order valence-corrected chi connectivity index (χ2v) is 8.92. The summed E-state index contributed by atoms with van der Waals surface area (Å²) in [6.07, 6.45) is 3.62. The maximum atomic E-state index is 12.6. The number of aliphatic imine (C=N–C) groups is 1. The zero-order chi connectivity index (χ0) is 21.7. The molecular formula is C24H36N4O3. The summed E-state index contributed by atoms with van der Waals surface area (Å²) in [5.74, 6) is 1.07. The number of benzene rings is 1. The van der Waals surface area contributed by atoms with Crippen LogP contribution in [0.3, 0.4) is 0 Å². The number of nitrogens with one attached hydrogen (secondary N) is 1. The van der Waals surface area contributed by atoms with Gasteiger partial charge in [0.2, 0.25) is 0 Å². The molecule has 3 heterocycles. The summed E-state index contributed by atoms with van der Waals surface area (Å²) in [5.41, 5.74) is 2.80. The number of nitrogens with zero attached hydrogens (tertiary/aromatic N) is 3. The first-order valence-corrected chi connectivity index (χ1v) is 11.6. The molecule has 4 rings (SSSR count). The van der Waals surface area contributed by atoms with Crippen LogP contribution in [0.15, 0.2) is 29.3 Å². The minimum Gasteiger partial charge on any atom is -0.381 e. The number of rotatable bonds is 4. The molecule has 1 unspecified atom stereocenters. The number of piperazine rings is 1. The summed E-state index contributed by atoms with van der Waals surface area (Å²) in [7, 11) is 1.84. The molecule has 0 aromatic heterocycles. The average molecular weight is 429 g/mol. The number of carbonyl (C=O) groups is 1. The van der Waals surface area contributed by atoms with Gasteiger partial charge in [0.15, 0.2) is 5.96 Å². The first-order chi connectivity index (χ1) is 15.1. The standard InChI is InChI=1S/C24H36N4O3/c1-19-6-3-4-7-20(19)24(9-16-30-17-10-24)18-26-23(25-2)28-13-11-27(12-14-28)22(29)21-8-5-15-31-21/h3-4,6-7,21H,5,8-18H2,1-2H3,(H,25,26). The lowest BCUT2D eigenvalue weighted by molar-refractivity contribution is -0.142. The normalized spacial score (nSPS) is 24.3. The van der Waals surface area contributed by atoms with Gasteiger partial charge < -0.3 is 24.6 Å². The van der Waals surface area contributed by atoms with Crippen LogP contribution < -0.4 is 5.32 Å². The maximum Gasteiger partial charge on any atom is 0.251 e. The van der Waals surface area contributed by atoms with E-state index in [0.717, 1.165) is 77.6 Å². The van der Waals surface area contributed by atoms with Crippen molar-refractivity contribution in [3.63, 3.8) is 0 Å². The van der Waals surface area contributed by atoms with Gasteiger partial charge in [0.25, 0.3) is 5.91 Å². The van der Waals surface area contributed by atoms with Gasteiger partial charge in [-0.1, -0.05) is 24.3 Å². The highest BCUT2D eigenvalue weighted by atomic mass is 16.5. The zero-order valence-electron chi connectivity index (χ0n) is 18.9. The Bertz CT molecular complexity index is 777. The van der Waals surface area contributed by atoms with Gasteiger partial charge in [0, 0.05) is 65.0 Å². The molecule has 0 saturated carbocycles. The average Bonchev–Trinajstić information content (AvgIpc) is 3.35. The van der Waals surface area contributed by atoms with Crippen molar-refractivity contribution >= 4 is 11.9 Å². The molecule has 3 aliphatic rings. The molecule has 170 valence electrons. The predicted molar refractivity (Wildman–Crippen MR) is 121 cm³/mol. The summed E-state index contributed by atoms with van der Waals surface area (Å²) in [5, 5.41) is 3.67. The van der Waals surface area contributed by atoms with Crippen molar-refractivity contribution in [2.24, 2.45) is 4.99 Å². The molecule has 31 heavy (non-hydrogen) atoms. The fourth-order valence-electron chi connectivity index (χ4n) is 5.17. The van der Waals surface area contributed by atoms with Crippen LogP contribution in [0.4, 0.5) is 0 Å². The molecule has 1 N–H and O–H groups in total. The number of guanidine groups is 1. The molecule has 0 aliphatic carbocycles. The van der Waals surface area contributed by atoms with E-state index in [-0.39, 0.29) is 17.4 Å². The van der Waals surface area contributed by atoms with E-state index in [1.807, 2.05) is 11.9 Å². The Labute approximate surface area is 185 Å². The molecule has 0 bridgehead atoms. The topological polar surface area (TPSA) is 66.4 Å². The Kier molecular flexibility index (Phi) is 7.13. The quantitative estimate of drug-likeness (QED) is 0.587. The van der Waals surface area contributed by atoms with Gasteiger partial charge in [-0.15, -0.1) is 0 Å². The van der Waals surface area contributed by atoms with Gasteiger partial charge in [-0.25, -0.2) is 0 Å². The molecule has 3 aliphatic heterocycles. The van der Waals surface area contributed by atoms with Crippen LogP contribution in [-0.2, 0) is 19.7 Å². The number of ether oxygens (including phenoxy) is 2. The van der Waals surface area contributed by atoms with E-state index in [4.69, 9.17) is 9.47 Å². The van der Waals surface area contributed by atoms with Crippen molar-refractivity contribution in [2.45, 2.75) is 44.1 Å². The second-order valence-electron chi connectivity index (χ2n) is 8.92. The van der Waals surface area contributed by atoms with E-state index in [1.54, 1.807) is 0 Å². The largest absolute Gasteiger partial charge is 0.381 e. The van der Waals surface area contributed by atoms with Crippen molar-refractivity contribution < 1.29 is 14.3 Å². The van der Waals surface area contributed by atoms with Gasteiger partial charge >= 0.3 is 0 Å². The van der Waals surface area contributed by atoms with E-state index < -0.39 is 0 Å². The zero-order valence-corrected chi connectivity index (χ0v) is 18.9. The minimum atomic E-state index is -0.230. The van der Waals surface area contributed by atoms with Crippen molar-refractivity contribution in [1.82, 2.24) is 15.1 Å². The lowest BCUT2D eigenvalue weighted by Gasteiger charge is -2.41. The Hall–Kier alpha value is -2.12. The summed E-state index contributed by atoms with van der Waals surface area (Å²) in [6.45, 7) is 8.34. The first kappa shape index (κ1) is 22.1. The molecule has 3 fully saturated rings. The molecule has 7 nitrogen and oxygen atoms in total. The van der Waals surface area contributed by atoms with E-state index >= 15 is 0 Å². The number of amides is 1. The molecule has 1 aromatic carbocycles. The van der Waals surface area contributed by atoms with Crippen LogP contribution in [0.5, 0.6) is 0 Å². The Morgan fingerprint density at radius 3 is 2.48 bits per heavy atom. The third-order valence-corrected chi connectivity index (χ3v) is 7.06. The van der Waals surface area contributed by atoms with Crippen molar-refractivity contribution in [1.29, 1.82) is 0 Å². The van der Waals surface area contributed by atoms with Gasteiger partial charge in [0.05, 0.1) is 0 Å². The van der Waals surface area contributed by atoms with E-state index in [9.17, 15) is 4.79 Å². The van der Waals surface area contributed by atoms with Gasteiger partial charge in [-0.05, 0) is 43.7 Å². The fourth-order valence-corrected chi connectivity index (χ4v) is 5.17. The smallest absolute Gasteiger partial charge is 0.251 e. The number of aryl methyl sites for hydroxylation is 1. The maximum absolute atomic E-state index is 12.6. The Morgan fingerprint density at radius 2 is 1.84 bits per heavy atom. The lowest BCUT2D eigenvalue weighted by atomic mass is 9.72. The molecule has 1 amide bonds. The highest BCUT2D eigenvalue weighted by Crippen LogP contribution is 2.36. The summed E-state index contributed by atoms with van der Waals surface area (Å²) < 4.78 is 11.3. The molecule has 1 atom stereocenters. The highest BCUT2D eigenvalue weighted by molar-refractivity contribution is 5.83. The van der Waals surface area contributed by atoms with Gasteiger partial charge in [0.1, 0.15) is 6.10 Å². The lowest BCUT2D eigenvalue weighted by Crippen LogP contribution is -2.56. The highest BCUT2D eigenvalue weighted by Gasteiger charge is 2.36. The summed E-state index contributed by atoms with van der Waals surface area (Å²) in [6, 6.07) is 8.71. The van der Waals surface area contributed by atoms with Crippen molar-refractivity contribution in [2.75, 3.05) is 59.6 Å². The SMILES string of the molecule is CN=C(NCC1(c2ccccc2C)CCOCC1)N1CCN(C(=O)C2CCCO2)CC1. The van der Waals surface area contributed by atoms with Crippen LogP contribution in [-0.4, -0.2) is 87.4 Å². The summed E-state index contributed by atoms with van der Waals surface area (Å²) in [4.78, 5) is 21.4. The van der Waals surface area contributed by atoms with Crippen LogP contribution in [0, 0.1) is 6.92 Å². The summed E-state index contributed by atoms with van der Waals surface area (Å²) >= 11 is 0. The monoisotopic (exact) mass is 428 g/mol. The minimum absolute atomic E-state index is 0.0527. The van der Waals surface area contributed by atoms with E-state index in [0.29, 0.717) is 6.61 Å². The van der Waals surface area contributed by atoms with Gasteiger partial charge in [-0.2, -0.15) is 0 Å². The van der Waals surface area contributed by atoms with E-state index in [1.165, 1.54) is 11.1 Å². The second kappa shape index (κ2) is 10.0. The fraction of sp³-hybridized carbons (Fsp3) is 0.667.